The van der Waals surface area contributed by atoms with E-state index >= 15 is 0 Å². The number of carboxylic acid groups (broad SMARTS) is 1. The monoisotopic (exact) mass is 267 g/mol. The first kappa shape index (κ1) is 14.4. The van der Waals surface area contributed by atoms with Crippen LogP contribution in [0.3, 0.4) is 0 Å². The fourth-order valence-corrected chi connectivity index (χ4v) is 3.27. The Morgan fingerprint density at radius 1 is 1.11 bits per heavy atom. The van der Waals surface area contributed by atoms with Gasteiger partial charge in [0.15, 0.2) is 0 Å². The summed E-state index contributed by atoms with van der Waals surface area (Å²) in [6.45, 7) is 4.17. The minimum atomic E-state index is -0.696. The van der Waals surface area contributed by atoms with Crippen LogP contribution in [0.1, 0.15) is 58.8 Å². The molecule has 4 nitrogen and oxygen atoms in total. The third-order valence-electron chi connectivity index (χ3n) is 4.41. The van der Waals surface area contributed by atoms with Crippen molar-refractivity contribution in [2.45, 2.75) is 70.9 Å². The van der Waals surface area contributed by atoms with Crippen LogP contribution in [0, 0.1) is 11.8 Å². The van der Waals surface area contributed by atoms with Crippen LogP contribution < -0.4 is 0 Å². The van der Waals surface area contributed by atoms with Crippen molar-refractivity contribution in [2.24, 2.45) is 11.8 Å². The van der Waals surface area contributed by atoms with Crippen molar-refractivity contribution in [1.29, 1.82) is 0 Å². The highest BCUT2D eigenvalue weighted by atomic mass is 16.4. The van der Waals surface area contributed by atoms with E-state index in [2.05, 4.69) is 18.7 Å². The molecular formula is C15H25NO3. The van der Waals surface area contributed by atoms with Gasteiger partial charge in [0, 0.05) is 24.4 Å². The van der Waals surface area contributed by atoms with Gasteiger partial charge in [-0.25, -0.2) is 0 Å². The van der Waals surface area contributed by atoms with Crippen LogP contribution in [0.15, 0.2) is 0 Å². The summed E-state index contributed by atoms with van der Waals surface area (Å²) in [5.74, 6) is 0.216. The summed E-state index contributed by atoms with van der Waals surface area (Å²) in [5.41, 5.74) is 0. The molecule has 0 saturated heterocycles. The molecule has 2 rings (SSSR count). The molecule has 0 aromatic heterocycles. The summed E-state index contributed by atoms with van der Waals surface area (Å²) in [6.07, 6.45) is 6.21. The zero-order chi connectivity index (χ0) is 14.0. The van der Waals surface area contributed by atoms with Gasteiger partial charge in [-0.3, -0.25) is 9.59 Å². The number of hydrogen-bond acceptors (Lipinski definition) is 2. The van der Waals surface area contributed by atoms with Gasteiger partial charge in [0.05, 0.1) is 0 Å². The molecule has 2 aliphatic carbocycles. The van der Waals surface area contributed by atoms with E-state index < -0.39 is 5.97 Å². The van der Waals surface area contributed by atoms with Crippen LogP contribution in [-0.2, 0) is 9.59 Å². The normalized spacial score (nSPS) is 27.3. The van der Waals surface area contributed by atoms with E-state index in [-0.39, 0.29) is 18.4 Å². The van der Waals surface area contributed by atoms with Crippen LogP contribution >= 0.6 is 0 Å². The van der Waals surface area contributed by atoms with E-state index in [1.54, 1.807) is 0 Å². The van der Waals surface area contributed by atoms with Crippen LogP contribution in [0.5, 0.6) is 0 Å². The fraction of sp³-hybridized carbons (Fsp3) is 0.867. The molecular weight excluding hydrogens is 242 g/mol. The predicted octanol–water partition coefficient (Wildman–Crippen LogP) is 2.67. The summed E-state index contributed by atoms with van der Waals surface area (Å²) in [5, 5.41) is 8.83. The van der Waals surface area contributed by atoms with Gasteiger partial charge < -0.3 is 10.0 Å². The van der Waals surface area contributed by atoms with E-state index in [1.807, 2.05) is 0 Å². The maximum Gasteiger partial charge on any atom is 0.303 e. The number of aliphatic carboxylic acids is 1. The van der Waals surface area contributed by atoms with Gasteiger partial charge in [-0.15, -0.1) is 0 Å². The molecule has 0 aliphatic heterocycles. The molecule has 1 amide bonds. The van der Waals surface area contributed by atoms with E-state index in [1.165, 1.54) is 0 Å². The molecule has 0 spiro atoms. The second kappa shape index (κ2) is 5.93. The number of hydrogen-bond donors (Lipinski definition) is 1. The molecule has 1 N–H and O–H groups in total. The molecule has 0 unspecified atom stereocenters. The second-order valence-corrected chi connectivity index (χ2v) is 6.39. The van der Waals surface area contributed by atoms with Crippen LogP contribution in [0.25, 0.3) is 0 Å². The Bertz CT molecular complexity index is 341. The van der Waals surface area contributed by atoms with E-state index in [4.69, 9.17) is 5.11 Å². The Kier molecular flexibility index (Phi) is 4.48. The van der Waals surface area contributed by atoms with Crippen LogP contribution in [0.2, 0.25) is 0 Å². The van der Waals surface area contributed by atoms with E-state index in [0.29, 0.717) is 17.9 Å². The molecule has 0 aromatic rings. The highest BCUT2D eigenvalue weighted by Crippen LogP contribution is 2.36. The van der Waals surface area contributed by atoms with Crippen molar-refractivity contribution >= 4 is 11.9 Å². The Hall–Kier alpha value is -1.06. The van der Waals surface area contributed by atoms with Crippen molar-refractivity contribution < 1.29 is 14.7 Å². The third kappa shape index (κ3) is 3.71. The third-order valence-corrected chi connectivity index (χ3v) is 4.41. The molecule has 2 saturated carbocycles. The van der Waals surface area contributed by atoms with E-state index in [0.717, 1.165) is 38.5 Å². The first-order chi connectivity index (χ1) is 8.99. The number of nitrogens with zero attached hydrogens (tertiary/aromatic N) is 1. The first-order valence-electron chi connectivity index (χ1n) is 7.53. The minimum absolute atomic E-state index is 0.258. The van der Waals surface area contributed by atoms with Crippen molar-refractivity contribution in [3.63, 3.8) is 0 Å². The summed E-state index contributed by atoms with van der Waals surface area (Å²) in [4.78, 5) is 25.1. The zero-order valence-electron chi connectivity index (χ0n) is 12.0. The zero-order valence-corrected chi connectivity index (χ0v) is 12.0. The lowest BCUT2D eigenvalue weighted by atomic mass is 9.83. The summed E-state index contributed by atoms with van der Waals surface area (Å²) in [7, 11) is 0. The summed E-state index contributed by atoms with van der Waals surface area (Å²) >= 11 is 0. The number of carbonyl (C=O) groups is 2. The maximum absolute atomic E-state index is 12.3. The molecule has 0 atom stereocenters. The topological polar surface area (TPSA) is 57.6 Å². The largest absolute Gasteiger partial charge is 0.481 e. The van der Waals surface area contributed by atoms with Crippen LogP contribution in [0.4, 0.5) is 0 Å². The van der Waals surface area contributed by atoms with Gasteiger partial charge >= 0.3 is 5.97 Å². The molecule has 4 heteroatoms. The lowest BCUT2D eigenvalue weighted by Crippen LogP contribution is -2.47. The molecule has 0 radical (unpaired) electrons. The predicted molar refractivity (Wildman–Crippen MR) is 72.7 cm³/mol. The molecule has 108 valence electrons. The number of carboxylic acids is 1. The average molecular weight is 267 g/mol. The van der Waals surface area contributed by atoms with Crippen LogP contribution in [-0.4, -0.2) is 34.0 Å². The van der Waals surface area contributed by atoms with Crippen molar-refractivity contribution in [3.05, 3.63) is 0 Å². The second-order valence-electron chi connectivity index (χ2n) is 6.39. The Labute approximate surface area is 115 Å². The lowest BCUT2D eigenvalue weighted by Gasteiger charge is -2.39. The van der Waals surface area contributed by atoms with Gasteiger partial charge in [-0.2, -0.15) is 0 Å². The maximum atomic E-state index is 12.3. The van der Waals surface area contributed by atoms with Gasteiger partial charge in [-0.1, -0.05) is 0 Å². The average Bonchev–Trinajstić information content (AvgIpc) is 3.14. The highest BCUT2D eigenvalue weighted by molar-refractivity contribution is 5.81. The molecule has 0 heterocycles. The molecule has 2 aliphatic rings. The van der Waals surface area contributed by atoms with Gasteiger partial charge in [0.25, 0.3) is 0 Å². The van der Waals surface area contributed by atoms with Gasteiger partial charge in [0.2, 0.25) is 5.91 Å². The van der Waals surface area contributed by atoms with Gasteiger partial charge in [0.1, 0.15) is 0 Å². The summed E-state index contributed by atoms with van der Waals surface area (Å²) < 4.78 is 0. The summed E-state index contributed by atoms with van der Waals surface area (Å²) in [6, 6.07) is 0.590. The fourth-order valence-electron chi connectivity index (χ4n) is 3.27. The Balaban J connectivity index is 1.90. The Morgan fingerprint density at radius 2 is 1.68 bits per heavy atom. The number of rotatable bonds is 5. The SMILES string of the molecule is CC(C)N(C(=O)C1CC1)[C@H]1CC[C@H](CC(=O)O)CC1. The molecule has 19 heavy (non-hydrogen) atoms. The van der Waals surface area contributed by atoms with Crippen molar-refractivity contribution in [2.75, 3.05) is 0 Å². The lowest BCUT2D eigenvalue weighted by molar-refractivity contribution is -0.140. The molecule has 0 bridgehead atoms. The van der Waals surface area contributed by atoms with E-state index in [9.17, 15) is 9.59 Å². The highest BCUT2D eigenvalue weighted by Gasteiger charge is 2.38. The quantitative estimate of drug-likeness (QED) is 0.833. The van der Waals surface area contributed by atoms with Crippen molar-refractivity contribution in [3.8, 4) is 0 Å². The van der Waals surface area contributed by atoms with Gasteiger partial charge in [-0.05, 0) is 58.3 Å². The standard InChI is InChI=1S/C15H25NO3/c1-10(2)16(15(19)12-5-6-12)13-7-3-11(4-8-13)9-14(17)18/h10-13H,3-9H2,1-2H3,(H,17,18)/t11-,13-. The number of carbonyl (C=O) groups excluding carboxylic acids is 1. The Morgan fingerprint density at radius 3 is 2.11 bits per heavy atom. The van der Waals surface area contributed by atoms with Crippen molar-refractivity contribution in [1.82, 2.24) is 4.90 Å². The number of amides is 1. The smallest absolute Gasteiger partial charge is 0.303 e. The molecule has 2 fully saturated rings. The first-order valence-corrected chi connectivity index (χ1v) is 7.53. The molecule has 0 aromatic carbocycles. The minimum Gasteiger partial charge on any atom is -0.481 e.